The molecule has 1 unspecified atom stereocenters. The van der Waals surface area contributed by atoms with Crippen molar-refractivity contribution in [2.75, 3.05) is 32.1 Å². The van der Waals surface area contributed by atoms with Crippen molar-refractivity contribution < 1.29 is 4.79 Å². The number of nitrogens with zero attached hydrogens (tertiary/aromatic N) is 3. The maximum Gasteiger partial charge on any atom is 0.229 e. The monoisotopic (exact) mass is 393 g/mol. The van der Waals surface area contributed by atoms with Crippen molar-refractivity contribution in [2.45, 2.75) is 32.5 Å². The molecule has 154 valence electrons. The molecule has 6 heteroatoms. The van der Waals surface area contributed by atoms with Crippen LogP contribution in [0, 0.1) is 0 Å². The first-order valence-corrected chi connectivity index (χ1v) is 10.2. The highest BCUT2D eigenvalue weighted by Crippen LogP contribution is 2.21. The molecular formula is C23H31N5O. The number of amides is 1. The van der Waals surface area contributed by atoms with Gasteiger partial charge in [0, 0.05) is 38.8 Å². The standard InChI is InChI=1S/C23H31N5O/c1-4-27(3)16-19-10-8-9-18(13-19)15-25-23(24-2)26-20-14-22(29)28(17-20)21-11-6-5-7-12-21/h5-13,20H,4,14-17H2,1-3H3,(H2,24,25,26). The number of nitrogens with one attached hydrogen (secondary N) is 2. The second kappa shape index (κ2) is 10.1. The van der Waals surface area contributed by atoms with Gasteiger partial charge in [-0.3, -0.25) is 9.79 Å². The molecule has 6 nitrogen and oxygen atoms in total. The highest BCUT2D eigenvalue weighted by Gasteiger charge is 2.30. The van der Waals surface area contributed by atoms with Crippen molar-refractivity contribution in [3.8, 4) is 0 Å². The lowest BCUT2D eigenvalue weighted by atomic mass is 10.1. The predicted molar refractivity (Wildman–Crippen MR) is 119 cm³/mol. The van der Waals surface area contributed by atoms with Gasteiger partial charge >= 0.3 is 0 Å². The summed E-state index contributed by atoms with van der Waals surface area (Å²) in [5.41, 5.74) is 3.46. The van der Waals surface area contributed by atoms with Crippen LogP contribution in [0.1, 0.15) is 24.5 Å². The number of hydrogen-bond donors (Lipinski definition) is 2. The molecule has 1 amide bonds. The van der Waals surface area contributed by atoms with Gasteiger partial charge in [0.2, 0.25) is 5.91 Å². The summed E-state index contributed by atoms with van der Waals surface area (Å²) >= 11 is 0. The number of benzene rings is 2. The number of hydrogen-bond acceptors (Lipinski definition) is 3. The molecular weight excluding hydrogens is 362 g/mol. The van der Waals surface area contributed by atoms with E-state index in [9.17, 15) is 4.79 Å². The Balaban J connectivity index is 1.54. The van der Waals surface area contributed by atoms with Crippen molar-refractivity contribution in [1.82, 2.24) is 15.5 Å². The highest BCUT2D eigenvalue weighted by atomic mass is 16.2. The number of guanidine groups is 1. The van der Waals surface area contributed by atoms with Gasteiger partial charge < -0.3 is 20.4 Å². The molecule has 1 saturated heterocycles. The predicted octanol–water partition coefficient (Wildman–Crippen LogP) is 2.61. The van der Waals surface area contributed by atoms with Crippen LogP contribution in [-0.4, -0.2) is 50.0 Å². The summed E-state index contributed by atoms with van der Waals surface area (Å²) in [5, 5.41) is 6.76. The number of para-hydroxylation sites is 1. The maximum atomic E-state index is 12.4. The third kappa shape index (κ3) is 5.81. The summed E-state index contributed by atoms with van der Waals surface area (Å²) in [4.78, 5) is 20.8. The maximum absolute atomic E-state index is 12.4. The highest BCUT2D eigenvalue weighted by molar-refractivity contribution is 5.97. The smallest absolute Gasteiger partial charge is 0.229 e. The molecule has 1 heterocycles. The minimum absolute atomic E-state index is 0.0402. The molecule has 2 aromatic rings. The van der Waals surface area contributed by atoms with E-state index in [1.54, 1.807) is 7.05 Å². The molecule has 2 aromatic carbocycles. The SMILES string of the molecule is CCN(C)Cc1cccc(CNC(=NC)NC2CC(=O)N(c3ccccc3)C2)c1. The Morgan fingerprint density at radius 1 is 1.17 bits per heavy atom. The van der Waals surface area contributed by atoms with E-state index in [-0.39, 0.29) is 11.9 Å². The van der Waals surface area contributed by atoms with E-state index in [1.807, 2.05) is 35.2 Å². The summed E-state index contributed by atoms with van der Waals surface area (Å²) < 4.78 is 0. The van der Waals surface area contributed by atoms with Gasteiger partial charge in [-0.15, -0.1) is 0 Å². The summed E-state index contributed by atoms with van der Waals surface area (Å²) in [5.74, 6) is 0.852. The number of rotatable bonds is 7. The average molecular weight is 394 g/mol. The molecule has 0 radical (unpaired) electrons. The summed E-state index contributed by atoms with van der Waals surface area (Å²) in [6, 6.07) is 18.4. The van der Waals surface area contributed by atoms with Crippen LogP contribution in [0.25, 0.3) is 0 Å². The number of aliphatic imine (C=N–C) groups is 1. The molecule has 2 N–H and O–H groups in total. The average Bonchev–Trinajstić information content (AvgIpc) is 3.12. The van der Waals surface area contributed by atoms with Gasteiger partial charge in [0.1, 0.15) is 0 Å². The quantitative estimate of drug-likeness (QED) is 0.561. The molecule has 1 aliphatic rings. The minimum atomic E-state index is 0.0402. The van der Waals surface area contributed by atoms with E-state index in [2.05, 4.69) is 58.8 Å². The Morgan fingerprint density at radius 2 is 1.93 bits per heavy atom. The molecule has 1 atom stereocenters. The molecule has 0 bridgehead atoms. The summed E-state index contributed by atoms with van der Waals surface area (Å²) in [7, 11) is 3.88. The largest absolute Gasteiger partial charge is 0.352 e. The lowest BCUT2D eigenvalue weighted by molar-refractivity contribution is -0.117. The van der Waals surface area contributed by atoms with Crippen LogP contribution in [0.4, 0.5) is 5.69 Å². The second-order valence-corrected chi connectivity index (χ2v) is 7.46. The third-order valence-electron chi connectivity index (χ3n) is 5.20. The molecule has 3 rings (SSSR count). The van der Waals surface area contributed by atoms with E-state index in [0.29, 0.717) is 25.5 Å². The Morgan fingerprint density at radius 3 is 2.66 bits per heavy atom. The van der Waals surface area contributed by atoms with E-state index in [1.165, 1.54) is 11.1 Å². The van der Waals surface area contributed by atoms with Crippen LogP contribution in [-0.2, 0) is 17.9 Å². The zero-order chi connectivity index (χ0) is 20.6. The van der Waals surface area contributed by atoms with Crippen LogP contribution in [0.3, 0.4) is 0 Å². The lowest BCUT2D eigenvalue weighted by Crippen LogP contribution is -2.44. The van der Waals surface area contributed by atoms with E-state index in [4.69, 9.17) is 0 Å². The molecule has 1 aliphatic heterocycles. The Bertz CT molecular complexity index is 836. The van der Waals surface area contributed by atoms with Gasteiger partial charge in [0.15, 0.2) is 5.96 Å². The number of carbonyl (C=O) groups excluding carboxylic acids is 1. The molecule has 1 fully saturated rings. The van der Waals surface area contributed by atoms with Crippen molar-refractivity contribution in [1.29, 1.82) is 0 Å². The third-order valence-corrected chi connectivity index (χ3v) is 5.20. The Labute approximate surface area is 173 Å². The number of carbonyl (C=O) groups is 1. The summed E-state index contributed by atoms with van der Waals surface area (Å²) in [6.07, 6.45) is 0.467. The molecule has 0 aromatic heterocycles. The van der Waals surface area contributed by atoms with Crippen LogP contribution in [0.15, 0.2) is 59.6 Å². The topological polar surface area (TPSA) is 60.0 Å². The first-order chi connectivity index (χ1) is 14.1. The fraction of sp³-hybridized carbons (Fsp3) is 0.391. The van der Waals surface area contributed by atoms with Gasteiger partial charge in [0.05, 0.1) is 6.04 Å². The Kier molecular flexibility index (Phi) is 7.25. The fourth-order valence-electron chi connectivity index (χ4n) is 3.50. The lowest BCUT2D eigenvalue weighted by Gasteiger charge is -2.19. The van der Waals surface area contributed by atoms with Gasteiger partial charge in [-0.1, -0.05) is 49.4 Å². The second-order valence-electron chi connectivity index (χ2n) is 7.46. The zero-order valence-corrected chi connectivity index (χ0v) is 17.6. The van der Waals surface area contributed by atoms with Crippen LogP contribution in [0.2, 0.25) is 0 Å². The first kappa shape index (κ1) is 20.9. The van der Waals surface area contributed by atoms with Crippen molar-refractivity contribution >= 4 is 17.6 Å². The normalized spacial score (nSPS) is 17.1. The van der Waals surface area contributed by atoms with Gasteiger partial charge in [-0.05, 0) is 36.9 Å². The Hall–Kier alpha value is -2.86. The van der Waals surface area contributed by atoms with E-state index < -0.39 is 0 Å². The molecule has 29 heavy (non-hydrogen) atoms. The van der Waals surface area contributed by atoms with Crippen LogP contribution < -0.4 is 15.5 Å². The fourth-order valence-corrected chi connectivity index (χ4v) is 3.50. The van der Waals surface area contributed by atoms with Gasteiger partial charge in [-0.25, -0.2) is 0 Å². The molecule has 0 aliphatic carbocycles. The van der Waals surface area contributed by atoms with Crippen molar-refractivity contribution in [3.05, 3.63) is 65.7 Å². The molecule has 0 spiro atoms. The minimum Gasteiger partial charge on any atom is -0.352 e. The molecule has 0 saturated carbocycles. The van der Waals surface area contributed by atoms with Crippen molar-refractivity contribution in [2.24, 2.45) is 4.99 Å². The first-order valence-electron chi connectivity index (χ1n) is 10.2. The summed E-state index contributed by atoms with van der Waals surface area (Å²) in [6.45, 7) is 5.46. The van der Waals surface area contributed by atoms with Crippen molar-refractivity contribution in [3.63, 3.8) is 0 Å². The number of anilines is 1. The van der Waals surface area contributed by atoms with Gasteiger partial charge in [-0.2, -0.15) is 0 Å². The van der Waals surface area contributed by atoms with E-state index >= 15 is 0 Å². The zero-order valence-electron chi connectivity index (χ0n) is 17.6. The van der Waals surface area contributed by atoms with Crippen LogP contribution in [0.5, 0.6) is 0 Å². The van der Waals surface area contributed by atoms with Gasteiger partial charge in [0.25, 0.3) is 0 Å². The van der Waals surface area contributed by atoms with E-state index in [0.717, 1.165) is 18.8 Å². The van der Waals surface area contributed by atoms with Crippen LogP contribution >= 0.6 is 0 Å².